The smallest absolute Gasteiger partial charge is 0.266 e. The van der Waals surface area contributed by atoms with Crippen molar-refractivity contribution in [1.82, 2.24) is 24.5 Å². The summed E-state index contributed by atoms with van der Waals surface area (Å²) in [5, 5.41) is 5.52. The Balaban J connectivity index is 1.68. The van der Waals surface area contributed by atoms with E-state index in [1.165, 1.54) is 16.7 Å². The number of H-pyrrole nitrogens is 1. The van der Waals surface area contributed by atoms with Crippen LogP contribution >= 0.6 is 0 Å². The molecule has 1 amide bonds. The predicted octanol–water partition coefficient (Wildman–Crippen LogP) is 0.508. The quantitative estimate of drug-likeness (QED) is 0.706. The van der Waals surface area contributed by atoms with Gasteiger partial charge in [-0.3, -0.25) is 19.5 Å². The summed E-state index contributed by atoms with van der Waals surface area (Å²) in [5.74, 6) is -0.157. The van der Waals surface area contributed by atoms with Crippen LogP contribution in [0.15, 0.2) is 40.1 Å². The minimum Gasteiger partial charge on any atom is -0.352 e. The number of pyridine rings is 1. The first-order valence-corrected chi connectivity index (χ1v) is 7.96. The molecule has 0 aliphatic carbocycles. The van der Waals surface area contributed by atoms with Crippen molar-refractivity contribution in [2.45, 2.75) is 33.4 Å². The average molecular weight is 341 g/mol. The Labute approximate surface area is 143 Å². The summed E-state index contributed by atoms with van der Waals surface area (Å²) < 4.78 is 3.11. The Morgan fingerprint density at radius 3 is 2.84 bits per heavy atom. The van der Waals surface area contributed by atoms with E-state index in [1.807, 2.05) is 13.8 Å². The van der Waals surface area contributed by atoms with Gasteiger partial charge in [-0.2, -0.15) is 0 Å². The van der Waals surface area contributed by atoms with Gasteiger partial charge in [-0.05, 0) is 19.9 Å². The molecular weight excluding hydrogens is 322 g/mol. The van der Waals surface area contributed by atoms with E-state index in [4.69, 9.17) is 0 Å². The maximum absolute atomic E-state index is 12.1. The molecule has 0 bridgehead atoms. The topological polar surface area (TPSA) is 101 Å². The molecule has 0 atom stereocenters. The van der Waals surface area contributed by atoms with Gasteiger partial charge in [0, 0.05) is 54.8 Å². The second kappa shape index (κ2) is 6.76. The van der Waals surface area contributed by atoms with Crippen LogP contribution in [0, 0.1) is 13.8 Å². The Morgan fingerprint density at radius 2 is 2.08 bits per heavy atom. The van der Waals surface area contributed by atoms with Gasteiger partial charge in [0.1, 0.15) is 0 Å². The number of rotatable bonds is 5. The summed E-state index contributed by atoms with van der Waals surface area (Å²) in [6, 6.07) is 6.31. The van der Waals surface area contributed by atoms with E-state index in [9.17, 15) is 14.4 Å². The van der Waals surface area contributed by atoms with Crippen LogP contribution < -0.4 is 16.4 Å². The summed E-state index contributed by atoms with van der Waals surface area (Å²) in [5.41, 5.74) is 2.64. The number of carbonyl (C=O) groups excluding carboxylic acids is 1. The number of hydrogen-bond acceptors (Lipinski definition) is 4. The lowest BCUT2D eigenvalue weighted by atomic mass is 10.1. The van der Waals surface area contributed by atoms with Crippen molar-refractivity contribution in [3.8, 4) is 0 Å². The van der Waals surface area contributed by atoms with Crippen LogP contribution in [0.2, 0.25) is 0 Å². The monoisotopic (exact) mass is 341 g/mol. The number of amides is 1. The predicted molar refractivity (Wildman–Crippen MR) is 92.5 cm³/mol. The number of nitrogens with one attached hydrogen (secondary N) is 2. The standard InChI is InChI=1S/C17H19N5O3/c1-11-13(12(2)22-14(19-11)9-16(24)20-22)10-18-15(23)6-8-21-7-4-3-5-17(21)25/h3-5,7,9H,6,8,10H2,1-2H3,(H,18,23)(H,20,24). The number of aromatic nitrogens is 4. The number of nitrogens with zero attached hydrogens (tertiary/aromatic N) is 3. The first-order valence-electron chi connectivity index (χ1n) is 7.96. The fourth-order valence-corrected chi connectivity index (χ4v) is 2.75. The molecule has 0 aromatic carbocycles. The van der Waals surface area contributed by atoms with Gasteiger partial charge in [0.25, 0.3) is 11.1 Å². The lowest BCUT2D eigenvalue weighted by molar-refractivity contribution is -0.121. The maximum Gasteiger partial charge on any atom is 0.266 e. The Kier molecular flexibility index (Phi) is 4.51. The second-order valence-corrected chi connectivity index (χ2v) is 5.83. The number of aryl methyl sites for hydroxylation is 3. The van der Waals surface area contributed by atoms with Crippen LogP contribution in [0.4, 0.5) is 0 Å². The summed E-state index contributed by atoms with van der Waals surface area (Å²) in [7, 11) is 0. The van der Waals surface area contributed by atoms with Crippen LogP contribution in [-0.2, 0) is 17.9 Å². The summed E-state index contributed by atoms with van der Waals surface area (Å²) in [4.78, 5) is 39.5. The fraction of sp³-hybridized carbons (Fsp3) is 0.294. The number of hydrogen-bond donors (Lipinski definition) is 2. The second-order valence-electron chi connectivity index (χ2n) is 5.83. The van der Waals surface area contributed by atoms with Gasteiger partial charge in [-0.1, -0.05) is 6.07 Å². The Bertz CT molecular complexity index is 1040. The molecule has 0 fully saturated rings. The van der Waals surface area contributed by atoms with Crippen LogP contribution in [0.5, 0.6) is 0 Å². The van der Waals surface area contributed by atoms with Crippen molar-refractivity contribution in [3.63, 3.8) is 0 Å². The molecule has 0 unspecified atom stereocenters. The van der Waals surface area contributed by atoms with Crippen LogP contribution in [0.3, 0.4) is 0 Å². The van der Waals surface area contributed by atoms with Gasteiger partial charge < -0.3 is 9.88 Å². The van der Waals surface area contributed by atoms with Gasteiger partial charge in [0.2, 0.25) is 5.91 Å². The zero-order valence-electron chi connectivity index (χ0n) is 14.1. The van der Waals surface area contributed by atoms with Crippen molar-refractivity contribution in [2.75, 3.05) is 0 Å². The Hall–Kier alpha value is -3.16. The molecule has 8 nitrogen and oxygen atoms in total. The van der Waals surface area contributed by atoms with E-state index >= 15 is 0 Å². The minimum atomic E-state index is -0.218. The molecule has 0 radical (unpaired) electrons. The lowest BCUT2D eigenvalue weighted by Crippen LogP contribution is -2.27. The molecule has 3 aromatic rings. The lowest BCUT2D eigenvalue weighted by Gasteiger charge is -2.12. The molecule has 3 rings (SSSR count). The highest BCUT2D eigenvalue weighted by Gasteiger charge is 2.12. The molecule has 0 aliphatic heterocycles. The highest BCUT2D eigenvalue weighted by atomic mass is 16.2. The van der Waals surface area contributed by atoms with Crippen LogP contribution in [0.25, 0.3) is 5.65 Å². The first-order chi connectivity index (χ1) is 12.0. The molecule has 0 aliphatic rings. The molecule has 3 heterocycles. The molecular formula is C17H19N5O3. The van der Waals surface area contributed by atoms with E-state index in [1.54, 1.807) is 22.8 Å². The average Bonchev–Trinajstić information content (AvgIpc) is 2.94. The Morgan fingerprint density at radius 1 is 1.28 bits per heavy atom. The van der Waals surface area contributed by atoms with E-state index in [0.29, 0.717) is 18.7 Å². The van der Waals surface area contributed by atoms with Crippen LogP contribution in [-0.4, -0.2) is 25.1 Å². The van der Waals surface area contributed by atoms with Crippen LogP contribution in [0.1, 0.15) is 23.4 Å². The zero-order valence-corrected chi connectivity index (χ0v) is 14.1. The van der Waals surface area contributed by atoms with E-state index in [0.717, 1.165) is 17.0 Å². The van der Waals surface area contributed by atoms with Gasteiger partial charge in [0.05, 0.1) is 0 Å². The zero-order chi connectivity index (χ0) is 18.0. The van der Waals surface area contributed by atoms with E-state index in [2.05, 4.69) is 15.4 Å². The van der Waals surface area contributed by atoms with Crippen molar-refractivity contribution in [1.29, 1.82) is 0 Å². The van der Waals surface area contributed by atoms with Gasteiger partial charge in [-0.15, -0.1) is 0 Å². The van der Waals surface area contributed by atoms with Gasteiger partial charge >= 0.3 is 0 Å². The summed E-state index contributed by atoms with van der Waals surface area (Å²) in [6.45, 7) is 4.34. The molecule has 25 heavy (non-hydrogen) atoms. The van der Waals surface area contributed by atoms with Crippen molar-refractivity contribution >= 4 is 11.6 Å². The van der Waals surface area contributed by atoms with E-state index < -0.39 is 0 Å². The van der Waals surface area contributed by atoms with Crippen molar-refractivity contribution in [2.24, 2.45) is 0 Å². The molecule has 3 aromatic heterocycles. The number of carbonyl (C=O) groups is 1. The number of fused-ring (bicyclic) bond motifs is 1. The summed E-state index contributed by atoms with van der Waals surface area (Å²) in [6.07, 6.45) is 1.86. The molecule has 0 saturated carbocycles. The van der Waals surface area contributed by atoms with Crippen molar-refractivity contribution < 1.29 is 4.79 Å². The minimum absolute atomic E-state index is 0.131. The van der Waals surface area contributed by atoms with Gasteiger partial charge in [0.15, 0.2) is 5.65 Å². The largest absolute Gasteiger partial charge is 0.352 e. The number of aromatic amines is 1. The molecule has 130 valence electrons. The third-order valence-electron chi connectivity index (χ3n) is 4.14. The highest BCUT2D eigenvalue weighted by Crippen LogP contribution is 2.12. The first kappa shape index (κ1) is 16.7. The normalized spacial score (nSPS) is 11.0. The third kappa shape index (κ3) is 3.52. The van der Waals surface area contributed by atoms with Crippen molar-refractivity contribution in [3.05, 3.63) is 68.1 Å². The summed E-state index contributed by atoms with van der Waals surface area (Å²) >= 11 is 0. The molecule has 0 spiro atoms. The fourth-order valence-electron chi connectivity index (χ4n) is 2.75. The third-order valence-corrected chi connectivity index (χ3v) is 4.14. The molecule has 0 saturated heterocycles. The molecule has 2 N–H and O–H groups in total. The highest BCUT2D eigenvalue weighted by molar-refractivity contribution is 5.75. The molecule has 8 heteroatoms. The maximum atomic E-state index is 12.1. The van der Waals surface area contributed by atoms with Gasteiger partial charge in [-0.25, -0.2) is 9.50 Å². The SMILES string of the molecule is Cc1nc2cc(=O)[nH]n2c(C)c1CNC(=O)CCn1ccccc1=O. The van der Waals surface area contributed by atoms with E-state index in [-0.39, 0.29) is 23.4 Å².